The molecular formula is C19H22Cl3N2O+. The van der Waals surface area contributed by atoms with Crippen molar-refractivity contribution in [3.63, 3.8) is 0 Å². The Labute approximate surface area is 163 Å². The van der Waals surface area contributed by atoms with Crippen molar-refractivity contribution >= 4 is 40.7 Å². The molecule has 2 rings (SSSR count). The second-order valence-electron chi connectivity index (χ2n) is 5.88. The molecule has 2 aromatic rings. The van der Waals surface area contributed by atoms with Crippen molar-refractivity contribution in [1.82, 2.24) is 5.32 Å². The van der Waals surface area contributed by atoms with Crippen LogP contribution in [0.3, 0.4) is 0 Å². The van der Waals surface area contributed by atoms with Gasteiger partial charge in [-0.2, -0.15) is 0 Å². The van der Waals surface area contributed by atoms with E-state index >= 15 is 0 Å². The van der Waals surface area contributed by atoms with E-state index in [1.807, 2.05) is 60.7 Å². The van der Waals surface area contributed by atoms with E-state index in [1.165, 1.54) is 0 Å². The zero-order chi connectivity index (χ0) is 18.3. The Morgan fingerprint density at radius 3 is 1.76 bits per heavy atom. The highest BCUT2D eigenvalue weighted by Crippen LogP contribution is 2.28. The van der Waals surface area contributed by atoms with Crippen molar-refractivity contribution in [2.75, 3.05) is 0 Å². The summed E-state index contributed by atoms with van der Waals surface area (Å²) in [5, 5.41) is 2.88. The Kier molecular flexibility index (Phi) is 7.57. The molecule has 0 unspecified atom stereocenters. The van der Waals surface area contributed by atoms with Gasteiger partial charge < -0.3 is 10.2 Å². The number of carbonyl (C=O) groups excluding carboxylic acids is 1. The van der Waals surface area contributed by atoms with Gasteiger partial charge in [-0.25, -0.2) is 0 Å². The lowest BCUT2D eigenvalue weighted by molar-refractivity contribution is -0.954. The topological polar surface area (TPSA) is 33.5 Å². The molecule has 0 aliphatic carbocycles. The maximum absolute atomic E-state index is 12.0. The molecule has 0 fully saturated rings. The van der Waals surface area contributed by atoms with Gasteiger partial charge in [-0.1, -0.05) is 102 Å². The van der Waals surface area contributed by atoms with E-state index in [0.29, 0.717) is 19.5 Å². The molecule has 2 aromatic carbocycles. The number of quaternary nitrogens is 1. The molecule has 3 nitrogen and oxygen atoms in total. The fourth-order valence-electron chi connectivity index (χ4n) is 2.66. The van der Waals surface area contributed by atoms with Crippen LogP contribution in [-0.2, 0) is 17.9 Å². The minimum absolute atomic E-state index is 0.144. The number of halogens is 3. The first-order valence-corrected chi connectivity index (χ1v) is 9.32. The minimum Gasteiger partial charge on any atom is -0.304 e. The van der Waals surface area contributed by atoms with Crippen LogP contribution in [0.4, 0.5) is 0 Å². The fourth-order valence-corrected chi connectivity index (χ4v) is 3.29. The van der Waals surface area contributed by atoms with Gasteiger partial charge >= 0.3 is 0 Å². The van der Waals surface area contributed by atoms with E-state index in [1.54, 1.807) is 6.92 Å². The molecular weight excluding hydrogens is 379 g/mol. The highest BCUT2D eigenvalue weighted by molar-refractivity contribution is 6.68. The van der Waals surface area contributed by atoms with Crippen molar-refractivity contribution in [2.45, 2.75) is 36.4 Å². The van der Waals surface area contributed by atoms with Crippen LogP contribution in [-0.4, -0.2) is 15.9 Å². The number of rotatable bonds is 7. The molecule has 0 aliphatic rings. The lowest BCUT2D eigenvalue weighted by Gasteiger charge is -2.33. The summed E-state index contributed by atoms with van der Waals surface area (Å²) in [6.45, 7) is 3.02. The third-order valence-electron chi connectivity index (χ3n) is 3.91. The number of nitrogens with one attached hydrogen (secondary N) is 2. The van der Waals surface area contributed by atoms with Crippen LogP contribution in [0.1, 0.15) is 24.5 Å². The second kappa shape index (κ2) is 9.44. The standard InChI is InChI=1S/C19H21Cl3N2O/c1-2-17(25)23-18(19(20,21)22)24(13-15-9-5-3-6-10-15)14-16-11-7-4-8-12-16/h3-12,18H,2,13-14H2,1H3,(H,23,25)/p+1/t18-/m1/s1. The third kappa shape index (κ3) is 6.52. The average molecular weight is 401 g/mol. The maximum atomic E-state index is 12.0. The SMILES string of the molecule is CCC(=O)N[C@H]([NH+](Cc1ccccc1)Cc1ccccc1)C(Cl)(Cl)Cl. The normalized spacial score (nSPS) is 12.8. The zero-order valence-electron chi connectivity index (χ0n) is 14.0. The van der Waals surface area contributed by atoms with Gasteiger partial charge in [0.15, 0.2) is 0 Å². The predicted molar refractivity (Wildman–Crippen MR) is 104 cm³/mol. The number of amides is 1. The summed E-state index contributed by atoms with van der Waals surface area (Å²) in [7, 11) is 0. The van der Waals surface area contributed by atoms with E-state index < -0.39 is 9.96 Å². The van der Waals surface area contributed by atoms with Crippen molar-refractivity contribution in [2.24, 2.45) is 0 Å². The summed E-state index contributed by atoms with van der Waals surface area (Å²) >= 11 is 18.7. The highest BCUT2D eigenvalue weighted by Gasteiger charge is 2.42. The van der Waals surface area contributed by atoms with E-state index in [-0.39, 0.29) is 5.91 Å². The van der Waals surface area contributed by atoms with E-state index in [2.05, 4.69) is 5.32 Å². The Morgan fingerprint density at radius 2 is 1.40 bits per heavy atom. The molecule has 0 bridgehead atoms. The Hall–Kier alpha value is -1.26. The van der Waals surface area contributed by atoms with Gasteiger partial charge in [0.25, 0.3) is 3.79 Å². The molecule has 2 N–H and O–H groups in total. The number of hydrogen-bond acceptors (Lipinski definition) is 1. The van der Waals surface area contributed by atoms with Crippen molar-refractivity contribution < 1.29 is 9.69 Å². The zero-order valence-corrected chi connectivity index (χ0v) is 16.3. The lowest BCUT2D eigenvalue weighted by Crippen LogP contribution is -3.17. The van der Waals surface area contributed by atoms with Crippen LogP contribution in [0.25, 0.3) is 0 Å². The predicted octanol–water partition coefficient (Wildman–Crippen LogP) is 3.49. The summed E-state index contributed by atoms with van der Waals surface area (Å²) in [6, 6.07) is 20.0. The molecule has 134 valence electrons. The Morgan fingerprint density at radius 1 is 0.960 bits per heavy atom. The minimum atomic E-state index is -1.62. The van der Waals surface area contributed by atoms with Crippen LogP contribution in [0.2, 0.25) is 0 Å². The molecule has 6 heteroatoms. The molecule has 0 saturated heterocycles. The molecule has 25 heavy (non-hydrogen) atoms. The number of carbonyl (C=O) groups is 1. The second-order valence-corrected chi connectivity index (χ2v) is 8.25. The van der Waals surface area contributed by atoms with Gasteiger partial charge in [0, 0.05) is 17.5 Å². The third-order valence-corrected chi connectivity index (χ3v) is 4.56. The van der Waals surface area contributed by atoms with Gasteiger partial charge in [0.2, 0.25) is 12.1 Å². The van der Waals surface area contributed by atoms with Crippen LogP contribution in [0.5, 0.6) is 0 Å². The van der Waals surface area contributed by atoms with Crippen LogP contribution in [0.15, 0.2) is 60.7 Å². The summed E-state index contributed by atoms with van der Waals surface area (Å²) in [5.74, 6) is -0.144. The molecule has 0 aliphatic heterocycles. The summed E-state index contributed by atoms with van der Waals surface area (Å²) in [4.78, 5) is 12.9. The molecule has 0 aromatic heterocycles. The van der Waals surface area contributed by atoms with Crippen molar-refractivity contribution in [3.8, 4) is 0 Å². The van der Waals surface area contributed by atoms with Crippen LogP contribution < -0.4 is 10.2 Å². The smallest absolute Gasteiger partial charge is 0.262 e. The largest absolute Gasteiger partial charge is 0.304 e. The van der Waals surface area contributed by atoms with Crippen molar-refractivity contribution in [3.05, 3.63) is 71.8 Å². The van der Waals surface area contributed by atoms with E-state index in [0.717, 1.165) is 16.0 Å². The summed E-state index contributed by atoms with van der Waals surface area (Å²) in [6.07, 6.45) is -0.327. The summed E-state index contributed by atoms with van der Waals surface area (Å²) in [5.41, 5.74) is 2.22. The molecule has 0 heterocycles. The van der Waals surface area contributed by atoms with E-state index in [4.69, 9.17) is 34.8 Å². The monoisotopic (exact) mass is 399 g/mol. The first kappa shape index (κ1) is 20.1. The fraction of sp³-hybridized carbons (Fsp3) is 0.316. The van der Waals surface area contributed by atoms with Gasteiger partial charge in [0.1, 0.15) is 13.1 Å². The molecule has 0 saturated carbocycles. The van der Waals surface area contributed by atoms with Gasteiger partial charge in [-0.15, -0.1) is 0 Å². The molecule has 0 spiro atoms. The highest BCUT2D eigenvalue weighted by atomic mass is 35.6. The van der Waals surface area contributed by atoms with Crippen molar-refractivity contribution in [1.29, 1.82) is 0 Å². The number of hydrogen-bond donors (Lipinski definition) is 2. The maximum Gasteiger partial charge on any atom is 0.262 e. The molecule has 1 atom stereocenters. The van der Waals surface area contributed by atoms with E-state index in [9.17, 15) is 4.79 Å². The summed E-state index contributed by atoms with van der Waals surface area (Å²) < 4.78 is -1.62. The van der Waals surface area contributed by atoms with Gasteiger partial charge in [-0.3, -0.25) is 4.79 Å². The first-order valence-electron chi connectivity index (χ1n) is 8.18. The first-order chi connectivity index (χ1) is 11.9. The Balaban J connectivity index is 2.30. The average Bonchev–Trinajstić information content (AvgIpc) is 2.59. The number of alkyl halides is 3. The van der Waals surface area contributed by atoms with Crippen LogP contribution >= 0.6 is 34.8 Å². The van der Waals surface area contributed by atoms with Gasteiger partial charge in [0.05, 0.1) is 0 Å². The number of benzene rings is 2. The van der Waals surface area contributed by atoms with Crippen LogP contribution in [0, 0.1) is 0 Å². The quantitative estimate of drug-likeness (QED) is 0.541. The molecule has 0 radical (unpaired) electrons. The lowest BCUT2D eigenvalue weighted by atomic mass is 10.1. The Bertz CT molecular complexity index is 618. The van der Waals surface area contributed by atoms with Gasteiger partial charge in [-0.05, 0) is 0 Å². The molecule has 1 amide bonds.